The van der Waals surface area contributed by atoms with E-state index in [1.54, 1.807) is 0 Å². The molecule has 124 valence electrons. The Labute approximate surface area is 135 Å². The zero-order valence-corrected chi connectivity index (χ0v) is 12.9. The van der Waals surface area contributed by atoms with Gasteiger partial charge in [0.2, 0.25) is 5.91 Å². The Hall–Kier alpha value is -1.92. The van der Waals surface area contributed by atoms with Gasteiger partial charge in [0.25, 0.3) is 0 Å². The lowest BCUT2D eigenvalue weighted by Crippen LogP contribution is -2.41. The van der Waals surface area contributed by atoms with Gasteiger partial charge in [-0.05, 0) is 24.8 Å². The van der Waals surface area contributed by atoms with Gasteiger partial charge in [-0.2, -0.15) is 0 Å². The third-order valence-corrected chi connectivity index (χ3v) is 4.35. The number of rotatable bonds is 5. The van der Waals surface area contributed by atoms with Gasteiger partial charge in [0, 0.05) is 0 Å². The van der Waals surface area contributed by atoms with E-state index >= 15 is 0 Å². The number of aliphatic hydroxyl groups excluding tert-OH is 1. The van der Waals surface area contributed by atoms with E-state index in [9.17, 15) is 9.59 Å². The van der Waals surface area contributed by atoms with Crippen LogP contribution in [0.2, 0.25) is 0 Å². The molecule has 1 aromatic carbocycles. The van der Waals surface area contributed by atoms with Gasteiger partial charge in [-0.1, -0.05) is 30.3 Å². The van der Waals surface area contributed by atoms with Crippen LogP contribution in [-0.2, 0) is 20.7 Å². The van der Waals surface area contributed by atoms with Crippen molar-refractivity contribution < 1.29 is 24.2 Å². The Morgan fingerprint density at radius 1 is 1.22 bits per heavy atom. The van der Waals surface area contributed by atoms with Crippen LogP contribution >= 0.6 is 0 Å². The molecule has 0 spiro atoms. The third-order valence-electron chi connectivity index (χ3n) is 4.35. The van der Waals surface area contributed by atoms with Crippen molar-refractivity contribution in [3.8, 4) is 0 Å². The molecule has 0 radical (unpaired) electrons. The maximum absolute atomic E-state index is 12.5. The first-order valence-electron chi connectivity index (χ1n) is 7.96. The topological polar surface area (TPSA) is 76.1 Å². The monoisotopic (exact) mass is 319 g/mol. The van der Waals surface area contributed by atoms with Crippen molar-refractivity contribution in [2.45, 2.75) is 43.9 Å². The summed E-state index contributed by atoms with van der Waals surface area (Å²) in [7, 11) is 0. The smallest absolute Gasteiger partial charge is 0.416 e. The molecule has 2 amide bonds. The summed E-state index contributed by atoms with van der Waals surface area (Å²) in [4.78, 5) is 25.6. The number of aliphatic hydroxyl groups is 1. The third kappa shape index (κ3) is 3.71. The average Bonchev–Trinajstić information content (AvgIpc) is 3.15. The van der Waals surface area contributed by atoms with Crippen molar-refractivity contribution >= 4 is 12.0 Å². The quantitative estimate of drug-likeness (QED) is 0.890. The minimum atomic E-state index is -0.576. The highest BCUT2D eigenvalue weighted by molar-refractivity contribution is 5.93. The number of nitrogens with zero attached hydrogens (tertiary/aromatic N) is 1. The number of carbonyl (C=O) groups is 2. The maximum Gasteiger partial charge on any atom is 0.416 e. The lowest BCUT2D eigenvalue weighted by Gasteiger charge is -2.21. The average molecular weight is 319 g/mol. The van der Waals surface area contributed by atoms with E-state index in [0.29, 0.717) is 6.42 Å². The zero-order valence-electron chi connectivity index (χ0n) is 12.9. The normalized spacial score (nSPS) is 27.3. The van der Waals surface area contributed by atoms with Crippen LogP contribution in [0.1, 0.15) is 24.8 Å². The predicted octanol–water partition coefficient (Wildman–Crippen LogP) is 1.51. The summed E-state index contributed by atoms with van der Waals surface area (Å²) in [6.07, 6.45) is 1.20. The Bertz CT molecular complexity index is 561. The molecule has 2 aliphatic heterocycles. The largest absolute Gasteiger partial charge is 0.447 e. The molecule has 2 saturated heterocycles. The number of benzene rings is 1. The highest BCUT2D eigenvalue weighted by atomic mass is 16.6. The highest BCUT2D eigenvalue weighted by Crippen LogP contribution is 2.25. The molecule has 0 saturated carbocycles. The van der Waals surface area contributed by atoms with Gasteiger partial charge in [0.05, 0.1) is 31.3 Å². The van der Waals surface area contributed by atoms with E-state index in [2.05, 4.69) is 0 Å². The summed E-state index contributed by atoms with van der Waals surface area (Å²) in [6.45, 7) is 0.192. The molecule has 6 nitrogen and oxygen atoms in total. The second kappa shape index (κ2) is 7.10. The minimum absolute atomic E-state index is 0.0346. The molecule has 2 heterocycles. The van der Waals surface area contributed by atoms with Crippen molar-refractivity contribution in [2.75, 3.05) is 13.2 Å². The summed E-state index contributed by atoms with van der Waals surface area (Å²) in [6, 6.07) is 9.46. The lowest BCUT2D eigenvalue weighted by atomic mass is 10.0. The van der Waals surface area contributed by atoms with E-state index in [1.165, 1.54) is 4.90 Å². The number of amides is 2. The van der Waals surface area contributed by atoms with Gasteiger partial charge in [-0.25, -0.2) is 9.69 Å². The number of carbonyl (C=O) groups excluding carboxylic acids is 2. The van der Waals surface area contributed by atoms with Gasteiger partial charge >= 0.3 is 6.09 Å². The molecule has 2 fully saturated rings. The number of imide groups is 1. The first-order chi connectivity index (χ1) is 11.2. The van der Waals surface area contributed by atoms with Crippen molar-refractivity contribution in [3.05, 3.63) is 35.9 Å². The van der Waals surface area contributed by atoms with Crippen LogP contribution in [0.25, 0.3) is 0 Å². The van der Waals surface area contributed by atoms with E-state index in [0.717, 1.165) is 18.4 Å². The SMILES string of the molecule is O=C(C[C@@H]1CC[C@@H](CO)O1)N1C(=O)OC[C@H]1Cc1ccccc1. The number of hydrogen-bond acceptors (Lipinski definition) is 5. The van der Waals surface area contributed by atoms with Crippen LogP contribution in [0.3, 0.4) is 0 Å². The van der Waals surface area contributed by atoms with Crippen molar-refractivity contribution in [2.24, 2.45) is 0 Å². The van der Waals surface area contributed by atoms with Crippen LogP contribution in [0.4, 0.5) is 4.79 Å². The van der Waals surface area contributed by atoms with Gasteiger partial charge in [-0.3, -0.25) is 4.79 Å². The van der Waals surface area contributed by atoms with Crippen molar-refractivity contribution in [3.63, 3.8) is 0 Å². The van der Waals surface area contributed by atoms with Crippen molar-refractivity contribution in [1.29, 1.82) is 0 Å². The Morgan fingerprint density at radius 2 is 1.96 bits per heavy atom. The molecule has 0 aliphatic carbocycles. The molecule has 0 unspecified atom stereocenters. The van der Waals surface area contributed by atoms with Crippen LogP contribution in [0.15, 0.2) is 30.3 Å². The number of ether oxygens (including phenoxy) is 2. The fraction of sp³-hybridized carbons (Fsp3) is 0.529. The summed E-state index contributed by atoms with van der Waals surface area (Å²) in [5.74, 6) is -0.267. The summed E-state index contributed by atoms with van der Waals surface area (Å²) in [5.41, 5.74) is 1.06. The molecular weight excluding hydrogens is 298 g/mol. The molecule has 23 heavy (non-hydrogen) atoms. The molecule has 1 N–H and O–H groups in total. The summed E-state index contributed by atoms with van der Waals surface area (Å²) in [5, 5.41) is 9.08. The van der Waals surface area contributed by atoms with Crippen LogP contribution in [0, 0.1) is 0 Å². The Kier molecular flexibility index (Phi) is 4.93. The molecule has 3 atom stereocenters. The fourth-order valence-corrected chi connectivity index (χ4v) is 3.16. The summed E-state index contributed by atoms with van der Waals surface area (Å²) >= 11 is 0. The summed E-state index contributed by atoms with van der Waals surface area (Å²) < 4.78 is 10.6. The second-order valence-corrected chi connectivity index (χ2v) is 6.03. The minimum Gasteiger partial charge on any atom is -0.447 e. The van der Waals surface area contributed by atoms with Gasteiger partial charge in [-0.15, -0.1) is 0 Å². The highest BCUT2D eigenvalue weighted by Gasteiger charge is 2.39. The van der Waals surface area contributed by atoms with E-state index in [1.807, 2.05) is 30.3 Å². The Balaban J connectivity index is 1.61. The van der Waals surface area contributed by atoms with Gasteiger partial charge < -0.3 is 14.6 Å². The molecule has 0 bridgehead atoms. The van der Waals surface area contributed by atoms with E-state index < -0.39 is 6.09 Å². The predicted molar refractivity (Wildman–Crippen MR) is 81.7 cm³/mol. The standard InChI is InChI=1S/C17H21NO5/c19-10-15-7-6-14(23-15)9-16(20)18-13(11-22-17(18)21)8-12-4-2-1-3-5-12/h1-5,13-15,19H,6-11H2/t13-,14+,15+/m1/s1. The van der Waals surface area contributed by atoms with Crippen molar-refractivity contribution in [1.82, 2.24) is 4.90 Å². The zero-order chi connectivity index (χ0) is 16.2. The second-order valence-electron chi connectivity index (χ2n) is 6.03. The molecule has 2 aliphatic rings. The van der Waals surface area contributed by atoms with E-state index in [-0.39, 0.29) is 43.8 Å². The van der Waals surface area contributed by atoms with Gasteiger partial charge in [0.15, 0.2) is 0 Å². The number of cyclic esters (lactones) is 1. The molecule has 6 heteroatoms. The maximum atomic E-state index is 12.5. The molecule has 0 aromatic heterocycles. The van der Waals surface area contributed by atoms with E-state index in [4.69, 9.17) is 14.6 Å². The number of hydrogen-bond donors (Lipinski definition) is 1. The fourth-order valence-electron chi connectivity index (χ4n) is 3.16. The van der Waals surface area contributed by atoms with Crippen LogP contribution in [0.5, 0.6) is 0 Å². The first-order valence-corrected chi connectivity index (χ1v) is 7.96. The molecular formula is C17H21NO5. The molecule has 3 rings (SSSR count). The Morgan fingerprint density at radius 3 is 2.65 bits per heavy atom. The van der Waals surface area contributed by atoms with Gasteiger partial charge in [0.1, 0.15) is 6.61 Å². The molecule has 1 aromatic rings. The van der Waals surface area contributed by atoms with Crippen LogP contribution in [-0.4, -0.2) is 53.5 Å². The first kappa shape index (κ1) is 16.0. The lowest BCUT2D eigenvalue weighted by molar-refractivity contribution is -0.132. The van der Waals surface area contributed by atoms with Crippen LogP contribution < -0.4 is 0 Å².